The molecule has 1 atom stereocenters. The average Bonchev–Trinajstić information content (AvgIpc) is 3.40. The molecule has 1 aliphatic rings. The van der Waals surface area contributed by atoms with Crippen LogP contribution in [0, 0.1) is 0 Å². The number of carbonyl (C=O) groups is 1. The van der Waals surface area contributed by atoms with Gasteiger partial charge in [0.1, 0.15) is 10.3 Å². The van der Waals surface area contributed by atoms with Crippen LogP contribution in [-0.2, 0) is 21.4 Å². The molecule has 0 aromatic carbocycles. The number of rotatable bonds is 5. The highest BCUT2D eigenvalue weighted by Gasteiger charge is 2.35. The van der Waals surface area contributed by atoms with Gasteiger partial charge in [0.15, 0.2) is 0 Å². The Morgan fingerprint density at radius 3 is 3.00 bits per heavy atom. The topological polar surface area (TPSA) is 108 Å². The first-order valence-corrected chi connectivity index (χ1v) is 11.4. The average molecular weight is 428 g/mol. The van der Waals surface area contributed by atoms with E-state index >= 15 is 0 Å². The Labute approximate surface area is 170 Å². The van der Waals surface area contributed by atoms with E-state index in [2.05, 4.69) is 19.7 Å². The van der Waals surface area contributed by atoms with E-state index in [1.807, 2.05) is 18.2 Å². The molecule has 1 fully saturated rings. The van der Waals surface area contributed by atoms with Crippen molar-refractivity contribution in [3.8, 4) is 0 Å². The van der Waals surface area contributed by atoms with Crippen molar-refractivity contribution < 1.29 is 13.2 Å². The molecule has 8 nitrogen and oxygen atoms in total. The molecule has 1 amide bonds. The number of amides is 1. The highest BCUT2D eigenvalue weighted by atomic mass is 32.2. The molecule has 10 heteroatoms. The Morgan fingerprint density at radius 1 is 1.28 bits per heavy atom. The van der Waals surface area contributed by atoms with Crippen molar-refractivity contribution in [2.45, 2.75) is 23.2 Å². The Hall–Kier alpha value is -2.82. The molecule has 5 rings (SSSR count). The van der Waals surface area contributed by atoms with Crippen molar-refractivity contribution >= 4 is 48.4 Å². The summed E-state index contributed by atoms with van der Waals surface area (Å²) in [7, 11) is -3.79. The minimum atomic E-state index is -3.79. The van der Waals surface area contributed by atoms with Gasteiger partial charge in [-0.1, -0.05) is 0 Å². The van der Waals surface area contributed by atoms with E-state index in [9.17, 15) is 13.2 Å². The number of likely N-dealkylation sites (tertiary alicyclic amines) is 1. The molecule has 1 saturated heterocycles. The van der Waals surface area contributed by atoms with E-state index in [-0.39, 0.29) is 10.1 Å². The Morgan fingerprint density at radius 2 is 2.17 bits per heavy atom. The van der Waals surface area contributed by atoms with Gasteiger partial charge in [0, 0.05) is 41.7 Å². The van der Waals surface area contributed by atoms with E-state index < -0.39 is 16.1 Å². The van der Waals surface area contributed by atoms with Gasteiger partial charge in [0.25, 0.3) is 10.0 Å². The maximum absolute atomic E-state index is 12.8. The molecular weight excluding hydrogens is 410 g/mol. The zero-order valence-corrected chi connectivity index (χ0v) is 16.8. The first-order valence-electron chi connectivity index (χ1n) is 9.07. The van der Waals surface area contributed by atoms with Crippen LogP contribution in [0.2, 0.25) is 0 Å². The summed E-state index contributed by atoms with van der Waals surface area (Å²) < 4.78 is 29.1. The largest absolute Gasteiger partial charge is 0.357 e. The number of hydrogen-bond donors (Lipinski definition) is 2. The second-order valence-electron chi connectivity index (χ2n) is 6.93. The van der Waals surface area contributed by atoms with Crippen molar-refractivity contribution in [3.63, 3.8) is 0 Å². The van der Waals surface area contributed by atoms with Crippen LogP contribution in [0.25, 0.3) is 21.1 Å². The third-order valence-corrected chi connectivity index (χ3v) is 8.00. The molecule has 29 heavy (non-hydrogen) atoms. The highest BCUT2D eigenvalue weighted by Crippen LogP contribution is 2.28. The first kappa shape index (κ1) is 18.2. The van der Waals surface area contributed by atoms with Crippen molar-refractivity contribution in [2.75, 3.05) is 6.54 Å². The molecule has 1 aliphatic heterocycles. The predicted molar refractivity (Wildman–Crippen MR) is 110 cm³/mol. The normalized spacial score (nSPS) is 17.6. The molecule has 0 spiro atoms. The molecule has 0 unspecified atom stereocenters. The number of pyridine rings is 2. The fourth-order valence-corrected chi connectivity index (χ4v) is 6.13. The van der Waals surface area contributed by atoms with E-state index in [0.29, 0.717) is 25.0 Å². The lowest BCUT2D eigenvalue weighted by Crippen LogP contribution is -2.41. The van der Waals surface area contributed by atoms with Crippen LogP contribution in [0.5, 0.6) is 0 Å². The molecule has 0 bridgehead atoms. The number of fused-ring (bicyclic) bond motifs is 2. The minimum absolute atomic E-state index is 0.167. The molecule has 0 radical (unpaired) electrons. The van der Waals surface area contributed by atoms with Crippen molar-refractivity contribution in [1.29, 1.82) is 0 Å². The van der Waals surface area contributed by atoms with Crippen LogP contribution in [0.15, 0.2) is 53.1 Å². The summed E-state index contributed by atoms with van der Waals surface area (Å²) in [6, 6.07) is 8.20. The molecular formula is C19H17N5O3S2. The lowest BCUT2D eigenvalue weighted by atomic mass is 10.3. The van der Waals surface area contributed by atoms with Crippen LogP contribution in [0.3, 0.4) is 0 Å². The number of aromatic nitrogens is 3. The molecule has 0 saturated carbocycles. The number of hydrogen-bond acceptors (Lipinski definition) is 6. The van der Waals surface area contributed by atoms with Crippen LogP contribution in [0.4, 0.5) is 0 Å². The second-order valence-corrected chi connectivity index (χ2v) is 9.96. The maximum atomic E-state index is 12.8. The number of aromatic amines is 1. The maximum Gasteiger partial charge on any atom is 0.250 e. The van der Waals surface area contributed by atoms with E-state index in [1.54, 1.807) is 29.6 Å². The first-order chi connectivity index (χ1) is 14.0. The van der Waals surface area contributed by atoms with Gasteiger partial charge >= 0.3 is 0 Å². The van der Waals surface area contributed by atoms with Crippen molar-refractivity contribution in [2.24, 2.45) is 0 Å². The van der Waals surface area contributed by atoms with E-state index in [1.165, 1.54) is 6.07 Å². The number of thiophene rings is 1. The Kier molecular flexibility index (Phi) is 4.34. The number of H-pyrrole nitrogens is 1. The molecule has 5 heterocycles. The fourth-order valence-electron chi connectivity index (χ4n) is 3.55. The van der Waals surface area contributed by atoms with Crippen LogP contribution in [-0.4, -0.2) is 46.8 Å². The molecule has 2 N–H and O–H groups in total. The second kappa shape index (κ2) is 6.90. The van der Waals surface area contributed by atoms with E-state index in [0.717, 1.165) is 32.6 Å². The molecule has 148 valence electrons. The summed E-state index contributed by atoms with van der Waals surface area (Å²) in [4.78, 5) is 26.0. The predicted octanol–water partition coefficient (Wildman–Crippen LogP) is 2.25. The fraction of sp³-hybridized carbons (Fsp3) is 0.211. The summed E-state index contributed by atoms with van der Waals surface area (Å²) >= 11 is 1.15. The monoisotopic (exact) mass is 427 g/mol. The van der Waals surface area contributed by atoms with Crippen molar-refractivity contribution in [1.82, 2.24) is 24.6 Å². The Balaban J connectivity index is 1.31. The van der Waals surface area contributed by atoms with E-state index in [4.69, 9.17) is 0 Å². The van der Waals surface area contributed by atoms with Crippen molar-refractivity contribution in [3.05, 3.63) is 54.6 Å². The number of sulfonamides is 1. The van der Waals surface area contributed by atoms with Gasteiger partial charge in [-0.25, -0.2) is 8.42 Å². The van der Waals surface area contributed by atoms with Gasteiger partial charge in [-0.05, 0) is 36.8 Å². The van der Waals surface area contributed by atoms with Crippen LogP contribution in [0.1, 0.15) is 12.1 Å². The minimum Gasteiger partial charge on any atom is -0.357 e. The van der Waals surface area contributed by atoms with Gasteiger partial charge in [0.05, 0.1) is 16.8 Å². The quantitative estimate of drug-likeness (QED) is 0.508. The lowest BCUT2D eigenvalue weighted by Gasteiger charge is -2.16. The summed E-state index contributed by atoms with van der Waals surface area (Å²) in [5, 5.41) is 0.977. The zero-order chi connectivity index (χ0) is 20.0. The number of nitrogens with one attached hydrogen (secondary N) is 2. The van der Waals surface area contributed by atoms with Gasteiger partial charge in [-0.2, -0.15) is 4.72 Å². The van der Waals surface area contributed by atoms with Gasteiger partial charge in [-0.15, -0.1) is 11.3 Å². The number of nitrogens with zero attached hydrogens (tertiary/aromatic N) is 3. The van der Waals surface area contributed by atoms with Gasteiger partial charge < -0.3 is 9.88 Å². The molecule has 4 aromatic heterocycles. The van der Waals surface area contributed by atoms with Crippen LogP contribution < -0.4 is 4.72 Å². The zero-order valence-electron chi connectivity index (χ0n) is 15.2. The van der Waals surface area contributed by atoms with Gasteiger partial charge in [0.2, 0.25) is 5.91 Å². The Bertz CT molecular complexity index is 1260. The smallest absolute Gasteiger partial charge is 0.250 e. The number of carbonyl (C=O) groups excluding carboxylic acids is 1. The third-order valence-electron chi connectivity index (χ3n) is 4.96. The summed E-state index contributed by atoms with van der Waals surface area (Å²) in [6.45, 7) is 0.895. The molecule has 0 aliphatic carbocycles. The standard InChI is InChI=1S/C19H17N5O3S2/c25-19-15(23-29(26,27)18-9-16-17(28-18)2-1-5-21-16)4-7-24(19)11-13-8-12-10-20-6-3-14(12)22-13/h1-3,5-6,8-10,15,22-23H,4,7,11H2/t15-/m0/s1. The highest BCUT2D eigenvalue weighted by molar-refractivity contribution is 7.91. The molecule has 4 aromatic rings. The summed E-state index contributed by atoms with van der Waals surface area (Å²) in [5.74, 6) is -0.218. The van der Waals surface area contributed by atoms with Gasteiger partial charge in [-0.3, -0.25) is 14.8 Å². The van der Waals surface area contributed by atoms with Crippen LogP contribution >= 0.6 is 11.3 Å². The third kappa shape index (κ3) is 3.39. The summed E-state index contributed by atoms with van der Waals surface area (Å²) in [5.41, 5.74) is 2.48. The SMILES string of the molecule is O=C1[C@@H](NS(=O)(=O)c2cc3ncccc3s2)CCN1Cc1cc2cnccc2[nH]1. The lowest BCUT2D eigenvalue weighted by molar-refractivity contribution is -0.129. The summed E-state index contributed by atoms with van der Waals surface area (Å²) in [6.07, 6.45) is 5.52.